The number of rotatable bonds is 13. The van der Waals surface area contributed by atoms with Crippen LogP contribution in [0.3, 0.4) is 0 Å². The summed E-state index contributed by atoms with van der Waals surface area (Å²) >= 11 is 6.80. The van der Waals surface area contributed by atoms with Gasteiger partial charge in [0.25, 0.3) is 0 Å². The Hall–Kier alpha value is -7.66. The zero-order valence-electron chi connectivity index (χ0n) is 41.5. The fourth-order valence-corrected chi connectivity index (χ4v) is 11.0. The van der Waals surface area contributed by atoms with Crippen LogP contribution < -0.4 is 14.5 Å². The molecule has 4 aliphatic rings. The molecule has 6 heterocycles. The number of nitrogens with zero attached hydrogens (tertiary/aromatic N) is 12. The molecule has 2 amide bonds. The van der Waals surface area contributed by atoms with Crippen LogP contribution in [0.25, 0.3) is 27.8 Å². The van der Waals surface area contributed by atoms with Gasteiger partial charge in [-0.1, -0.05) is 66.6 Å². The lowest BCUT2D eigenvalue weighted by atomic mass is 10.0. The van der Waals surface area contributed by atoms with Gasteiger partial charge in [-0.3, -0.25) is 14.6 Å². The van der Waals surface area contributed by atoms with Gasteiger partial charge in [0.1, 0.15) is 30.0 Å². The number of hydrogen-bond acceptors (Lipinski definition) is 16. The monoisotopic (exact) mass is 1020 g/mol. The van der Waals surface area contributed by atoms with Crippen LogP contribution in [-0.4, -0.2) is 162 Å². The molecule has 0 radical (unpaired) electrons. The molecule has 4 aromatic carbocycles. The quantitative estimate of drug-likeness (QED) is 0.108. The molecule has 10 rings (SSSR count). The summed E-state index contributed by atoms with van der Waals surface area (Å²) in [5, 5.41) is 51.9. The second kappa shape index (κ2) is 21.4. The highest BCUT2D eigenvalue weighted by Gasteiger charge is 2.37. The fraction of sp³-hybridized carbons (Fsp3) is 0.389. The van der Waals surface area contributed by atoms with Gasteiger partial charge in [-0.15, -0.1) is 5.10 Å². The number of anilines is 2. The Kier molecular flexibility index (Phi) is 14.5. The minimum atomic E-state index is -0.339. The molecule has 4 aliphatic heterocycles. The SMILES string of the molecule is C=CC(=O)N1CCN(c2nc(OC[C@@H]3C[C@@H](OC(=O)N4CCN(Cc5ccc(-n6c(O)nnc6-c6cc(CC)c(O)cc6O)cc5)CC4)CN3C)nc3c2CCN(c2cccc4cccc(Cl)c24)C3)C[C@@H]1CC#N. The summed E-state index contributed by atoms with van der Waals surface area (Å²) in [4.78, 5) is 48.8. The first kappa shape index (κ1) is 49.9. The lowest BCUT2D eigenvalue weighted by Crippen LogP contribution is -2.55. The van der Waals surface area contributed by atoms with E-state index in [2.05, 4.69) is 60.6 Å². The molecule has 0 aliphatic carbocycles. The molecule has 0 bridgehead atoms. The Bertz CT molecular complexity index is 3120. The van der Waals surface area contributed by atoms with Gasteiger partial charge >= 0.3 is 18.1 Å². The number of phenols is 2. The van der Waals surface area contributed by atoms with Gasteiger partial charge in [-0.05, 0) is 72.8 Å². The van der Waals surface area contributed by atoms with Crippen molar-refractivity contribution in [3.63, 3.8) is 0 Å². The number of ether oxygens (including phenoxy) is 2. The summed E-state index contributed by atoms with van der Waals surface area (Å²) in [6.07, 6.45) is 2.58. The number of carbonyl (C=O) groups excluding carboxylic acids is 2. The Morgan fingerprint density at radius 1 is 0.905 bits per heavy atom. The third-order valence-electron chi connectivity index (χ3n) is 14.8. The van der Waals surface area contributed by atoms with Gasteiger partial charge in [-0.25, -0.2) is 9.36 Å². The number of benzene rings is 4. The number of aryl methyl sites for hydroxylation is 1. The first-order chi connectivity index (χ1) is 35.9. The molecule has 2 aromatic heterocycles. The van der Waals surface area contributed by atoms with E-state index in [1.165, 1.54) is 16.7 Å². The van der Waals surface area contributed by atoms with Crippen LogP contribution in [0.5, 0.6) is 23.5 Å². The number of aromatic hydroxyl groups is 3. The molecule has 3 saturated heterocycles. The van der Waals surface area contributed by atoms with Gasteiger partial charge in [0.2, 0.25) is 5.91 Å². The van der Waals surface area contributed by atoms with Crippen molar-refractivity contribution in [3.8, 4) is 46.7 Å². The summed E-state index contributed by atoms with van der Waals surface area (Å²) in [6.45, 7) is 12.0. The number of aromatic nitrogens is 5. The van der Waals surface area contributed by atoms with Crippen LogP contribution in [0, 0.1) is 11.3 Å². The van der Waals surface area contributed by atoms with Crippen LogP contribution in [0.2, 0.25) is 5.02 Å². The van der Waals surface area contributed by atoms with Crippen molar-refractivity contribution < 1.29 is 34.4 Å². The average Bonchev–Trinajstić information content (AvgIpc) is 3.97. The maximum absolute atomic E-state index is 13.6. The lowest BCUT2D eigenvalue weighted by molar-refractivity contribution is -0.128. The minimum Gasteiger partial charge on any atom is -0.508 e. The van der Waals surface area contributed by atoms with Crippen molar-refractivity contribution in [1.82, 2.24) is 44.3 Å². The average molecular weight is 1020 g/mol. The molecule has 0 unspecified atom stereocenters. The summed E-state index contributed by atoms with van der Waals surface area (Å²) < 4.78 is 14.0. The maximum Gasteiger partial charge on any atom is 0.410 e. The number of carbonyl (C=O) groups is 2. The first-order valence-corrected chi connectivity index (χ1v) is 25.4. The molecule has 0 spiro atoms. The molecule has 384 valence electrons. The Morgan fingerprint density at radius 3 is 2.45 bits per heavy atom. The number of piperazine rings is 2. The second-order valence-electron chi connectivity index (χ2n) is 19.3. The Morgan fingerprint density at radius 2 is 1.69 bits per heavy atom. The summed E-state index contributed by atoms with van der Waals surface area (Å²) in [6, 6.07) is 24.4. The van der Waals surface area contributed by atoms with Crippen LogP contribution in [0.15, 0.2) is 85.5 Å². The number of likely N-dealkylation sites (tertiary alicyclic amines) is 1. The highest BCUT2D eigenvalue weighted by Crippen LogP contribution is 2.39. The molecule has 19 nitrogen and oxygen atoms in total. The predicted molar refractivity (Wildman–Crippen MR) is 279 cm³/mol. The molecule has 3 fully saturated rings. The number of likely N-dealkylation sites (N-methyl/N-ethyl adjacent to an activating group) is 1. The summed E-state index contributed by atoms with van der Waals surface area (Å²) in [5.41, 5.74) is 5.48. The molecule has 20 heteroatoms. The third kappa shape index (κ3) is 10.2. The normalized spacial score (nSPS) is 19.4. The highest BCUT2D eigenvalue weighted by molar-refractivity contribution is 6.36. The van der Waals surface area contributed by atoms with E-state index >= 15 is 0 Å². The van der Waals surface area contributed by atoms with E-state index in [9.17, 15) is 30.2 Å². The largest absolute Gasteiger partial charge is 0.508 e. The minimum absolute atomic E-state index is 0.0171. The third-order valence-corrected chi connectivity index (χ3v) is 15.1. The van der Waals surface area contributed by atoms with Crippen molar-refractivity contribution in [2.24, 2.45) is 0 Å². The Labute approximate surface area is 434 Å². The first-order valence-electron chi connectivity index (χ1n) is 25.1. The predicted octanol–water partition coefficient (Wildman–Crippen LogP) is 6.30. The van der Waals surface area contributed by atoms with E-state index in [-0.39, 0.29) is 72.6 Å². The van der Waals surface area contributed by atoms with Crippen LogP contribution in [0.4, 0.5) is 16.3 Å². The number of halogens is 1. The maximum atomic E-state index is 13.6. The smallest absolute Gasteiger partial charge is 0.410 e. The van der Waals surface area contributed by atoms with E-state index in [1.807, 2.05) is 56.4 Å². The second-order valence-corrected chi connectivity index (χ2v) is 19.7. The standard InChI is InChI=1S/C54H59ClN12O7/c1-4-35-26-42(47(69)28-46(35)68)51-59-60-53(71)67(51)37-14-12-34(13-15-37)29-62-20-22-63(23-21-62)54(72)74-40-27-39(61(3)31-40)33-73-52-57-44-32-64(45-11-7-9-36-8-6-10-43(55)49(36)45)19-17-41(44)50(58-52)65-24-25-66(48(70)5-2)38(30-65)16-18-56/h5-15,26,28,38-40,68-69H,2,4,16-17,19-25,27,29-33H2,1,3H3,(H,60,71)/t38-,39-,40+/m0/s1. The topological polar surface area (TPSA) is 213 Å². The molecule has 0 saturated carbocycles. The van der Waals surface area contributed by atoms with E-state index in [0.717, 1.165) is 39.1 Å². The summed E-state index contributed by atoms with van der Waals surface area (Å²) in [5.74, 6) is 0.596. The molecule has 3 N–H and O–H groups in total. The zero-order valence-corrected chi connectivity index (χ0v) is 42.2. The number of nitriles is 1. The van der Waals surface area contributed by atoms with Crippen LogP contribution >= 0.6 is 11.6 Å². The van der Waals surface area contributed by atoms with E-state index in [0.29, 0.717) is 113 Å². The fourth-order valence-electron chi connectivity index (χ4n) is 10.8. The number of fused-ring (bicyclic) bond motifs is 2. The van der Waals surface area contributed by atoms with Gasteiger partial charge in [0.15, 0.2) is 5.82 Å². The van der Waals surface area contributed by atoms with Crippen LogP contribution in [0.1, 0.15) is 42.1 Å². The van der Waals surface area contributed by atoms with E-state index in [4.69, 9.17) is 31.0 Å². The molecular formula is C54H59ClN12O7. The molecule has 74 heavy (non-hydrogen) atoms. The number of phenolic OH excluding ortho intramolecular Hbond substituents is 2. The van der Waals surface area contributed by atoms with Gasteiger partial charge < -0.3 is 44.4 Å². The molecule has 6 aromatic rings. The van der Waals surface area contributed by atoms with Crippen molar-refractivity contribution in [3.05, 3.63) is 113 Å². The van der Waals surface area contributed by atoms with E-state index in [1.54, 1.807) is 15.9 Å². The van der Waals surface area contributed by atoms with Crippen molar-refractivity contribution in [2.75, 3.05) is 82.4 Å². The summed E-state index contributed by atoms with van der Waals surface area (Å²) in [7, 11) is 2.00. The van der Waals surface area contributed by atoms with Crippen molar-refractivity contribution in [2.45, 2.75) is 63.9 Å². The van der Waals surface area contributed by atoms with Gasteiger partial charge in [0.05, 0.1) is 47.0 Å². The zero-order chi connectivity index (χ0) is 51.6. The number of hydrogen-bond donors (Lipinski definition) is 3. The highest BCUT2D eigenvalue weighted by atomic mass is 35.5. The van der Waals surface area contributed by atoms with E-state index < -0.39 is 0 Å². The van der Waals surface area contributed by atoms with Gasteiger partial charge in [-0.2, -0.15) is 15.2 Å². The lowest BCUT2D eigenvalue weighted by Gasteiger charge is -2.42. The molecule has 3 atom stereocenters. The van der Waals surface area contributed by atoms with Crippen molar-refractivity contribution in [1.29, 1.82) is 5.26 Å². The van der Waals surface area contributed by atoms with Crippen molar-refractivity contribution >= 4 is 45.9 Å². The molecular weight excluding hydrogens is 964 g/mol. The van der Waals surface area contributed by atoms with Gasteiger partial charge in [0, 0.05) is 101 Å². The van der Waals surface area contributed by atoms with Crippen LogP contribution in [-0.2, 0) is 35.5 Å². The number of amides is 2. The Balaban J connectivity index is 0.763.